The Morgan fingerprint density at radius 2 is 1.88 bits per heavy atom. The van der Waals surface area contributed by atoms with Crippen molar-refractivity contribution in [2.75, 3.05) is 11.9 Å². The lowest BCUT2D eigenvalue weighted by atomic mass is 10.2. The van der Waals surface area contributed by atoms with Crippen molar-refractivity contribution in [3.63, 3.8) is 0 Å². The molecule has 1 aliphatic carbocycles. The SMILES string of the molecule is O=C(C[NH+](Cc1ccc(F)cc1)C1CC1)Nc1ccc(Cl)cc1Cl. The highest BCUT2D eigenvalue weighted by atomic mass is 35.5. The number of nitrogens with one attached hydrogen (secondary N) is 2. The summed E-state index contributed by atoms with van der Waals surface area (Å²) in [6.07, 6.45) is 2.23. The molecule has 0 aromatic heterocycles. The van der Waals surface area contributed by atoms with Crippen molar-refractivity contribution in [1.82, 2.24) is 0 Å². The predicted octanol–water partition coefficient (Wildman–Crippen LogP) is 3.32. The van der Waals surface area contributed by atoms with Crippen molar-refractivity contribution in [3.05, 3.63) is 63.9 Å². The molecule has 2 N–H and O–H groups in total. The van der Waals surface area contributed by atoms with Crippen molar-refractivity contribution < 1.29 is 14.1 Å². The van der Waals surface area contributed by atoms with E-state index in [1.54, 1.807) is 30.3 Å². The van der Waals surface area contributed by atoms with E-state index in [2.05, 4.69) is 5.32 Å². The summed E-state index contributed by atoms with van der Waals surface area (Å²) >= 11 is 11.9. The van der Waals surface area contributed by atoms with Crippen molar-refractivity contribution in [3.8, 4) is 0 Å². The van der Waals surface area contributed by atoms with E-state index in [1.807, 2.05) is 0 Å². The maximum atomic E-state index is 13.0. The molecule has 0 bridgehead atoms. The summed E-state index contributed by atoms with van der Waals surface area (Å²) in [6.45, 7) is 1.05. The number of halogens is 3. The minimum Gasteiger partial charge on any atom is -0.321 e. The predicted molar refractivity (Wildman–Crippen MR) is 94.0 cm³/mol. The molecule has 0 heterocycles. The first-order valence-corrected chi connectivity index (χ1v) is 8.61. The summed E-state index contributed by atoms with van der Waals surface area (Å²) in [4.78, 5) is 13.5. The number of hydrogen-bond acceptors (Lipinski definition) is 1. The fraction of sp³-hybridized carbons (Fsp3) is 0.278. The van der Waals surface area contributed by atoms with Crippen LogP contribution in [0.25, 0.3) is 0 Å². The van der Waals surface area contributed by atoms with Gasteiger partial charge in [-0.1, -0.05) is 35.3 Å². The Bertz CT molecular complexity index is 732. The largest absolute Gasteiger partial charge is 0.321 e. The lowest BCUT2D eigenvalue weighted by Gasteiger charge is -2.19. The fourth-order valence-electron chi connectivity index (χ4n) is 2.70. The van der Waals surface area contributed by atoms with Gasteiger partial charge < -0.3 is 10.2 Å². The van der Waals surface area contributed by atoms with Gasteiger partial charge in [0, 0.05) is 23.4 Å². The molecular formula is C18H18Cl2FN2O+. The van der Waals surface area contributed by atoms with E-state index in [1.165, 1.54) is 17.0 Å². The second-order valence-corrected chi connectivity index (χ2v) is 6.93. The third-order valence-corrected chi connectivity index (χ3v) is 4.64. The van der Waals surface area contributed by atoms with E-state index in [0.29, 0.717) is 34.9 Å². The van der Waals surface area contributed by atoms with Gasteiger partial charge in [-0.3, -0.25) is 4.79 Å². The van der Waals surface area contributed by atoms with Gasteiger partial charge in [0.2, 0.25) is 0 Å². The summed E-state index contributed by atoms with van der Waals surface area (Å²) in [5.74, 6) is -0.343. The summed E-state index contributed by atoms with van der Waals surface area (Å²) in [6, 6.07) is 11.9. The topological polar surface area (TPSA) is 33.5 Å². The van der Waals surface area contributed by atoms with E-state index in [4.69, 9.17) is 23.2 Å². The minimum absolute atomic E-state index is 0.0942. The summed E-state index contributed by atoms with van der Waals surface area (Å²) < 4.78 is 13.0. The summed E-state index contributed by atoms with van der Waals surface area (Å²) in [5, 5.41) is 3.78. The number of quaternary nitrogens is 1. The van der Waals surface area contributed by atoms with Crippen LogP contribution in [-0.4, -0.2) is 18.5 Å². The monoisotopic (exact) mass is 367 g/mol. The molecule has 1 amide bonds. The van der Waals surface area contributed by atoms with Gasteiger partial charge in [0.05, 0.1) is 16.8 Å². The quantitative estimate of drug-likeness (QED) is 0.806. The maximum Gasteiger partial charge on any atom is 0.279 e. The normalized spacial score (nSPS) is 15.1. The van der Waals surface area contributed by atoms with Gasteiger partial charge in [0.1, 0.15) is 12.4 Å². The third kappa shape index (κ3) is 4.69. The number of hydrogen-bond donors (Lipinski definition) is 2. The second kappa shape index (κ2) is 7.51. The molecule has 24 heavy (non-hydrogen) atoms. The average molecular weight is 368 g/mol. The molecule has 1 atom stereocenters. The standard InChI is InChI=1S/C18H17Cl2FN2O/c19-13-3-8-17(16(20)9-13)22-18(24)11-23(15-6-7-15)10-12-1-4-14(21)5-2-12/h1-5,8-9,15H,6-7,10-11H2,(H,22,24)/p+1. The van der Waals surface area contributed by atoms with Gasteiger partial charge >= 0.3 is 0 Å². The van der Waals surface area contributed by atoms with Gasteiger partial charge in [-0.15, -0.1) is 0 Å². The molecule has 3 nitrogen and oxygen atoms in total. The number of carbonyl (C=O) groups excluding carboxylic acids is 1. The van der Waals surface area contributed by atoms with Crippen LogP contribution in [0.5, 0.6) is 0 Å². The Kier molecular flexibility index (Phi) is 5.39. The lowest BCUT2D eigenvalue weighted by Crippen LogP contribution is -3.13. The maximum absolute atomic E-state index is 13.0. The number of carbonyl (C=O) groups is 1. The smallest absolute Gasteiger partial charge is 0.279 e. The highest BCUT2D eigenvalue weighted by molar-refractivity contribution is 6.36. The Morgan fingerprint density at radius 1 is 1.17 bits per heavy atom. The molecule has 0 spiro atoms. The van der Waals surface area contributed by atoms with E-state index >= 15 is 0 Å². The second-order valence-electron chi connectivity index (χ2n) is 6.08. The van der Waals surface area contributed by atoms with Crippen LogP contribution in [0.15, 0.2) is 42.5 Å². The molecule has 2 aromatic rings. The molecule has 6 heteroatoms. The molecule has 3 rings (SSSR count). The van der Waals surface area contributed by atoms with Crippen LogP contribution in [0.1, 0.15) is 18.4 Å². The Hall–Kier alpha value is -1.62. The molecular weight excluding hydrogens is 350 g/mol. The molecule has 1 aliphatic rings. The molecule has 126 valence electrons. The van der Waals surface area contributed by atoms with Crippen molar-refractivity contribution in [1.29, 1.82) is 0 Å². The highest BCUT2D eigenvalue weighted by Crippen LogP contribution is 2.25. The molecule has 1 saturated carbocycles. The molecule has 2 aromatic carbocycles. The van der Waals surface area contributed by atoms with Crippen LogP contribution >= 0.6 is 23.2 Å². The van der Waals surface area contributed by atoms with E-state index in [-0.39, 0.29) is 11.7 Å². The van der Waals surface area contributed by atoms with Crippen LogP contribution < -0.4 is 10.2 Å². The van der Waals surface area contributed by atoms with E-state index < -0.39 is 0 Å². The van der Waals surface area contributed by atoms with E-state index in [9.17, 15) is 9.18 Å². The van der Waals surface area contributed by atoms with Crippen LogP contribution in [0.4, 0.5) is 10.1 Å². The van der Waals surface area contributed by atoms with Gasteiger partial charge in [0.25, 0.3) is 5.91 Å². The van der Waals surface area contributed by atoms with Crippen LogP contribution in [0, 0.1) is 5.82 Å². The lowest BCUT2D eigenvalue weighted by molar-refractivity contribution is -0.916. The van der Waals surface area contributed by atoms with E-state index in [0.717, 1.165) is 18.4 Å². The molecule has 1 unspecified atom stereocenters. The van der Waals surface area contributed by atoms with Gasteiger partial charge in [-0.05, 0) is 30.3 Å². The first kappa shape index (κ1) is 17.2. The minimum atomic E-state index is -0.248. The van der Waals surface area contributed by atoms with Gasteiger partial charge in [0.15, 0.2) is 6.54 Å². The Labute approximate surface area is 150 Å². The Balaban J connectivity index is 1.62. The zero-order valence-corrected chi connectivity index (χ0v) is 14.5. The van der Waals surface area contributed by atoms with Crippen molar-refractivity contribution in [2.24, 2.45) is 0 Å². The zero-order chi connectivity index (χ0) is 17.1. The van der Waals surface area contributed by atoms with Crippen LogP contribution in [0.2, 0.25) is 10.0 Å². The third-order valence-electron chi connectivity index (χ3n) is 4.09. The van der Waals surface area contributed by atoms with Crippen molar-refractivity contribution >= 4 is 34.8 Å². The first-order valence-electron chi connectivity index (χ1n) is 7.85. The van der Waals surface area contributed by atoms with Crippen LogP contribution in [-0.2, 0) is 11.3 Å². The highest BCUT2D eigenvalue weighted by Gasteiger charge is 2.34. The van der Waals surface area contributed by atoms with Gasteiger partial charge in [-0.2, -0.15) is 0 Å². The summed E-state index contributed by atoms with van der Waals surface area (Å²) in [5.41, 5.74) is 1.58. The van der Waals surface area contributed by atoms with Gasteiger partial charge in [-0.25, -0.2) is 4.39 Å². The number of rotatable bonds is 6. The number of amides is 1. The number of anilines is 1. The zero-order valence-electron chi connectivity index (χ0n) is 13.0. The number of benzene rings is 2. The molecule has 0 saturated heterocycles. The Morgan fingerprint density at radius 3 is 2.50 bits per heavy atom. The molecule has 1 fully saturated rings. The average Bonchev–Trinajstić information content (AvgIpc) is 3.36. The molecule has 0 radical (unpaired) electrons. The fourth-order valence-corrected chi connectivity index (χ4v) is 3.15. The van der Waals surface area contributed by atoms with Crippen LogP contribution in [0.3, 0.4) is 0 Å². The summed E-state index contributed by atoms with van der Waals surface area (Å²) in [7, 11) is 0. The first-order chi connectivity index (χ1) is 11.5. The molecule has 0 aliphatic heterocycles. The van der Waals surface area contributed by atoms with Crippen molar-refractivity contribution in [2.45, 2.75) is 25.4 Å².